The van der Waals surface area contributed by atoms with Crippen LogP contribution in [0.4, 0.5) is 14.6 Å². The van der Waals surface area contributed by atoms with Crippen molar-refractivity contribution in [3.8, 4) is 11.1 Å². The molecule has 1 fully saturated rings. The van der Waals surface area contributed by atoms with E-state index in [2.05, 4.69) is 25.7 Å². The first kappa shape index (κ1) is 23.8. The number of nitrogens with one attached hydrogen (secondary N) is 2. The summed E-state index contributed by atoms with van der Waals surface area (Å²) in [4.78, 5) is 19.5. The molecule has 3 aromatic rings. The Labute approximate surface area is 200 Å². The van der Waals surface area contributed by atoms with E-state index in [1.807, 2.05) is 35.0 Å². The summed E-state index contributed by atoms with van der Waals surface area (Å²) in [6.45, 7) is 2.71. The summed E-state index contributed by atoms with van der Waals surface area (Å²) in [5.41, 5.74) is 8.01. The molecule has 0 saturated carbocycles. The third-order valence-electron chi connectivity index (χ3n) is 5.89. The number of hydrogen-bond donors (Lipinski definition) is 3. The number of nitrogens with zero attached hydrogens (tertiary/aromatic N) is 3. The Morgan fingerprint density at radius 2 is 1.91 bits per heavy atom. The van der Waals surface area contributed by atoms with Gasteiger partial charge >= 0.3 is 0 Å². The van der Waals surface area contributed by atoms with Crippen LogP contribution in [-0.2, 0) is 4.79 Å². The van der Waals surface area contributed by atoms with E-state index < -0.39 is 11.8 Å². The molecule has 1 aromatic carbocycles. The fraction of sp³-hybridized carbons (Fsp3) is 0.292. The topological polar surface area (TPSA) is 89.9 Å². The van der Waals surface area contributed by atoms with Gasteiger partial charge in [0.2, 0.25) is 0 Å². The molecule has 2 aliphatic rings. The predicted molar refractivity (Wildman–Crippen MR) is 129 cm³/mol. The van der Waals surface area contributed by atoms with E-state index in [1.54, 1.807) is 30.5 Å². The number of thiophene rings is 1. The van der Waals surface area contributed by atoms with E-state index in [9.17, 15) is 8.78 Å². The molecule has 2 aliphatic heterocycles. The van der Waals surface area contributed by atoms with Crippen LogP contribution in [-0.4, -0.2) is 41.2 Å². The molecule has 3 N–H and O–H groups in total. The zero-order chi connectivity index (χ0) is 24.1. The Balaban J connectivity index is 0.000000868. The van der Waals surface area contributed by atoms with Gasteiger partial charge in [0, 0.05) is 41.4 Å². The number of piperidine rings is 1. The van der Waals surface area contributed by atoms with E-state index in [0.29, 0.717) is 37.3 Å². The lowest BCUT2D eigenvalue weighted by Gasteiger charge is -2.34. The average molecular weight is 486 g/mol. The highest BCUT2D eigenvalue weighted by Gasteiger charge is 2.30. The van der Waals surface area contributed by atoms with Crippen molar-refractivity contribution in [3.63, 3.8) is 0 Å². The number of hydrogen-bond acceptors (Lipinski definition) is 7. The first-order valence-electron chi connectivity index (χ1n) is 10.8. The molecule has 0 amide bonds. The molecule has 5 rings (SSSR count). The monoisotopic (exact) mass is 485 g/mol. The fourth-order valence-corrected chi connectivity index (χ4v) is 4.54. The summed E-state index contributed by atoms with van der Waals surface area (Å²) in [7, 11) is 0. The maximum absolute atomic E-state index is 14.9. The van der Waals surface area contributed by atoms with Crippen molar-refractivity contribution < 1.29 is 18.7 Å². The highest BCUT2D eigenvalue weighted by atomic mass is 32.1. The molecule has 0 radical (unpaired) electrons. The van der Waals surface area contributed by atoms with Crippen LogP contribution < -0.4 is 15.8 Å². The lowest BCUT2D eigenvalue weighted by atomic mass is 9.96. The molecule has 7 nitrogen and oxygen atoms in total. The number of amidine groups is 1. The number of pyridine rings is 1. The van der Waals surface area contributed by atoms with E-state index in [1.165, 1.54) is 6.07 Å². The van der Waals surface area contributed by atoms with Crippen LogP contribution in [0, 0.1) is 5.82 Å². The highest BCUT2D eigenvalue weighted by molar-refractivity contribution is 7.08. The predicted octanol–water partition coefficient (Wildman–Crippen LogP) is 4.53. The summed E-state index contributed by atoms with van der Waals surface area (Å²) in [6, 6.07) is 11.0. The van der Waals surface area contributed by atoms with Gasteiger partial charge in [0.15, 0.2) is 0 Å². The van der Waals surface area contributed by atoms with Gasteiger partial charge in [-0.1, -0.05) is 12.1 Å². The van der Waals surface area contributed by atoms with Crippen LogP contribution in [0.1, 0.15) is 37.1 Å². The number of alkyl halides is 1. The summed E-state index contributed by atoms with van der Waals surface area (Å²) in [5, 5.41) is 10.9. The van der Waals surface area contributed by atoms with Crippen LogP contribution in [0.5, 0.6) is 0 Å². The van der Waals surface area contributed by atoms with Crippen molar-refractivity contribution in [2.24, 2.45) is 4.99 Å². The summed E-state index contributed by atoms with van der Waals surface area (Å²) in [5.74, 6) is 1.21. The second kappa shape index (κ2) is 10.3. The highest BCUT2D eigenvalue weighted by Crippen LogP contribution is 2.30. The normalized spacial score (nSPS) is 19.0. The van der Waals surface area contributed by atoms with Gasteiger partial charge in [0.1, 0.15) is 29.3 Å². The molecule has 4 heterocycles. The Hall–Kier alpha value is -3.37. The van der Waals surface area contributed by atoms with Crippen LogP contribution in [0.15, 0.2) is 58.3 Å². The number of carboxylic acid groups (broad SMARTS) is 1. The smallest absolute Gasteiger partial charge is 0.290 e. The molecule has 0 aliphatic carbocycles. The van der Waals surface area contributed by atoms with Crippen LogP contribution >= 0.6 is 11.3 Å². The molecule has 10 heteroatoms. The van der Waals surface area contributed by atoms with Gasteiger partial charge in [0.25, 0.3) is 6.47 Å². The second-order valence-electron chi connectivity index (χ2n) is 8.31. The Morgan fingerprint density at radius 1 is 1.18 bits per heavy atom. The van der Waals surface area contributed by atoms with Crippen molar-refractivity contribution >= 4 is 29.5 Å². The lowest BCUT2D eigenvalue weighted by Crippen LogP contribution is -2.40. The third kappa shape index (κ3) is 5.40. The third-order valence-corrected chi connectivity index (χ3v) is 6.57. The largest absolute Gasteiger partial charge is 0.483 e. The minimum Gasteiger partial charge on any atom is -0.483 e. The van der Waals surface area contributed by atoms with E-state index in [-0.39, 0.29) is 12.3 Å². The standard InChI is InChI=1S/C23H23F2N5S.CH2O2/c1-23(25)7-9-30(10-8-23)20-5-3-16(13-26-20)15-2-4-18(19(24)12-15)22-27-21(28-29-22)17-6-11-31-14-17;2-1-3/h2-6,11-14,22,29H,7-10H2,1H3,(H,27,28);1H,(H,2,3). The first-order chi connectivity index (χ1) is 16.4. The molecule has 1 saturated heterocycles. The van der Waals surface area contributed by atoms with Crippen LogP contribution in [0.2, 0.25) is 0 Å². The quantitative estimate of drug-likeness (QED) is 0.471. The second-order valence-corrected chi connectivity index (χ2v) is 9.09. The molecule has 0 spiro atoms. The van der Waals surface area contributed by atoms with Crippen molar-refractivity contribution in [2.45, 2.75) is 31.6 Å². The summed E-state index contributed by atoms with van der Waals surface area (Å²) >= 11 is 1.59. The van der Waals surface area contributed by atoms with E-state index in [0.717, 1.165) is 22.5 Å². The number of carbonyl (C=O) groups is 1. The zero-order valence-electron chi connectivity index (χ0n) is 18.5. The minimum atomic E-state index is -1.09. The van der Waals surface area contributed by atoms with Crippen molar-refractivity contribution in [3.05, 3.63) is 70.3 Å². The lowest BCUT2D eigenvalue weighted by molar-refractivity contribution is -0.122. The van der Waals surface area contributed by atoms with E-state index >= 15 is 0 Å². The number of rotatable bonds is 4. The van der Waals surface area contributed by atoms with Crippen molar-refractivity contribution in [1.29, 1.82) is 0 Å². The van der Waals surface area contributed by atoms with Gasteiger partial charge in [-0.15, -0.1) is 0 Å². The zero-order valence-corrected chi connectivity index (χ0v) is 19.4. The van der Waals surface area contributed by atoms with Gasteiger partial charge in [0.05, 0.1) is 0 Å². The molecule has 2 aromatic heterocycles. The summed E-state index contributed by atoms with van der Waals surface area (Å²) < 4.78 is 28.9. The van der Waals surface area contributed by atoms with Crippen molar-refractivity contribution in [1.82, 2.24) is 15.8 Å². The Kier molecular flexibility index (Phi) is 7.18. The maximum atomic E-state index is 14.9. The number of benzene rings is 1. The maximum Gasteiger partial charge on any atom is 0.290 e. The molecular formula is C24H25F2N5O2S. The number of anilines is 1. The Bertz CT molecular complexity index is 1140. The van der Waals surface area contributed by atoms with Gasteiger partial charge in [-0.25, -0.2) is 24.2 Å². The molecule has 178 valence electrons. The van der Waals surface area contributed by atoms with Crippen LogP contribution in [0.3, 0.4) is 0 Å². The molecule has 1 atom stereocenters. The average Bonchev–Trinajstić information content (AvgIpc) is 3.52. The van der Waals surface area contributed by atoms with Crippen LogP contribution in [0.25, 0.3) is 11.1 Å². The van der Waals surface area contributed by atoms with Gasteiger partial charge in [-0.05, 0) is 55.0 Å². The minimum absolute atomic E-state index is 0.250. The molecule has 0 bridgehead atoms. The number of halogens is 2. The van der Waals surface area contributed by atoms with Crippen molar-refractivity contribution in [2.75, 3.05) is 18.0 Å². The van der Waals surface area contributed by atoms with E-state index in [4.69, 9.17) is 9.90 Å². The molecule has 34 heavy (non-hydrogen) atoms. The van der Waals surface area contributed by atoms with Gasteiger partial charge < -0.3 is 15.4 Å². The van der Waals surface area contributed by atoms with Gasteiger partial charge in [-0.2, -0.15) is 11.3 Å². The first-order valence-corrected chi connectivity index (χ1v) is 11.7. The number of hydrazine groups is 1. The molecular weight excluding hydrogens is 460 g/mol. The SMILES string of the molecule is CC1(F)CCN(c2ccc(-c3ccc(C4N=C(c5ccsc5)NN4)c(F)c3)cn2)CC1.O=CO. The number of aliphatic imine (C=N–C) groups is 1. The van der Waals surface area contributed by atoms with Gasteiger partial charge in [-0.3, -0.25) is 4.79 Å². The molecule has 1 unspecified atom stereocenters. The fourth-order valence-electron chi connectivity index (χ4n) is 3.90. The summed E-state index contributed by atoms with van der Waals surface area (Å²) in [6.07, 6.45) is 2.27. The number of aromatic nitrogens is 1. The Morgan fingerprint density at radius 3 is 2.53 bits per heavy atom.